The van der Waals surface area contributed by atoms with Crippen molar-refractivity contribution in [1.82, 2.24) is 4.90 Å². The summed E-state index contributed by atoms with van der Waals surface area (Å²) in [5.41, 5.74) is 2.52. The molecule has 1 atom stereocenters. The predicted molar refractivity (Wildman–Crippen MR) is 89.8 cm³/mol. The van der Waals surface area contributed by atoms with E-state index in [0.29, 0.717) is 5.56 Å². The lowest BCUT2D eigenvalue weighted by molar-refractivity contribution is -0.117. The SMILES string of the molecule is O=C1Nc2cc(C(=O)N3CCCCCC3)ccc2N2CCC[C@H]12. The predicted octanol–water partition coefficient (Wildman–Crippen LogP) is 2.62. The Bertz CT molecular complexity index is 635. The highest BCUT2D eigenvalue weighted by molar-refractivity contribution is 6.06. The van der Waals surface area contributed by atoms with Gasteiger partial charge in [-0.1, -0.05) is 12.8 Å². The van der Waals surface area contributed by atoms with Gasteiger partial charge in [-0.15, -0.1) is 0 Å². The van der Waals surface area contributed by atoms with Crippen molar-refractivity contribution < 1.29 is 9.59 Å². The first kappa shape index (κ1) is 14.5. The van der Waals surface area contributed by atoms with Gasteiger partial charge in [-0.05, 0) is 43.9 Å². The third kappa shape index (κ3) is 2.58. The molecular weight excluding hydrogens is 290 g/mol. The fourth-order valence-electron chi connectivity index (χ4n) is 4.02. The molecule has 5 heteroatoms. The molecule has 122 valence electrons. The van der Waals surface area contributed by atoms with Gasteiger partial charge in [0.05, 0.1) is 11.4 Å². The third-order valence-electron chi connectivity index (χ3n) is 5.26. The molecular formula is C18H23N3O2. The van der Waals surface area contributed by atoms with Crippen LogP contribution in [0.25, 0.3) is 0 Å². The molecule has 2 saturated heterocycles. The molecule has 5 nitrogen and oxygen atoms in total. The number of carbonyl (C=O) groups is 2. The van der Waals surface area contributed by atoms with E-state index in [-0.39, 0.29) is 17.9 Å². The average Bonchev–Trinajstić information content (AvgIpc) is 2.90. The van der Waals surface area contributed by atoms with Crippen LogP contribution in [0.2, 0.25) is 0 Å². The van der Waals surface area contributed by atoms with E-state index in [1.54, 1.807) is 0 Å². The average molecular weight is 313 g/mol. The summed E-state index contributed by atoms with van der Waals surface area (Å²) in [6.45, 7) is 2.61. The number of likely N-dealkylation sites (tertiary alicyclic amines) is 1. The Morgan fingerprint density at radius 3 is 2.61 bits per heavy atom. The van der Waals surface area contributed by atoms with E-state index in [0.717, 1.165) is 56.7 Å². The maximum Gasteiger partial charge on any atom is 0.253 e. The Morgan fingerprint density at radius 1 is 1.04 bits per heavy atom. The Kier molecular flexibility index (Phi) is 3.71. The number of nitrogens with zero attached hydrogens (tertiary/aromatic N) is 2. The monoisotopic (exact) mass is 313 g/mol. The summed E-state index contributed by atoms with van der Waals surface area (Å²) in [4.78, 5) is 29.1. The van der Waals surface area contributed by atoms with E-state index in [1.165, 1.54) is 12.8 Å². The lowest BCUT2D eigenvalue weighted by Gasteiger charge is -2.33. The maximum absolute atomic E-state index is 12.7. The molecule has 0 saturated carbocycles. The molecule has 23 heavy (non-hydrogen) atoms. The lowest BCUT2D eigenvalue weighted by atomic mass is 10.1. The van der Waals surface area contributed by atoms with Crippen molar-refractivity contribution in [2.75, 3.05) is 29.9 Å². The Hall–Kier alpha value is -2.04. The Balaban J connectivity index is 1.60. The van der Waals surface area contributed by atoms with Crippen LogP contribution in [-0.2, 0) is 4.79 Å². The van der Waals surface area contributed by atoms with Crippen LogP contribution >= 0.6 is 0 Å². The van der Waals surface area contributed by atoms with Gasteiger partial charge in [0.25, 0.3) is 5.91 Å². The fraction of sp³-hybridized carbons (Fsp3) is 0.556. The first-order valence-corrected chi connectivity index (χ1v) is 8.75. The van der Waals surface area contributed by atoms with Gasteiger partial charge >= 0.3 is 0 Å². The van der Waals surface area contributed by atoms with Gasteiger partial charge in [0.15, 0.2) is 0 Å². The lowest BCUT2D eigenvalue weighted by Crippen LogP contribution is -2.44. The molecule has 1 N–H and O–H groups in total. The smallest absolute Gasteiger partial charge is 0.253 e. The van der Waals surface area contributed by atoms with Crippen molar-refractivity contribution in [3.8, 4) is 0 Å². The molecule has 0 unspecified atom stereocenters. The van der Waals surface area contributed by atoms with Crippen LogP contribution in [0.4, 0.5) is 11.4 Å². The number of anilines is 2. The van der Waals surface area contributed by atoms with Crippen LogP contribution in [0.5, 0.6) is 0 Å². The molecule has 0 radical (unpaired) electrons. The maximum atomic E-state index is 12.7. The summed E-state index contributed by atoms with van der Waals surface area (Å²) in [7, 11) is 0. The van der Waals surface area contributed by atoms with Crippen molar-refractivity contribution in [3.63, 3.8) is 0 Å². The molecule has 1 aromatic carbocycles. The van der Waals surface area contributed by atoms with Crippen LogP contribution in [0.3, 0.4) is 0 Å². The molecule has 4 rings (SSSR count). The molecule has 2 amide bonds. The molecule has 2 fully saturated rings. The van der Waals surface area contributed by atoms with Gasteiger partial charge < -0.3 is 15.1 Å². The van der Waals surface area contributed by atoms with E-state index in [9.17, 15) is 9.59 Å². The Labute approximate surface area is 136 Å². The normalized spacial score (nSPS) is 23.8. The minimum absolute atomic E-state index is 0.0327. The summed E-state index contributed by atoms with van der Waals surface area (Å²) < 4.78 is 0. The van der Waals surface area contributed by atoms with Crippen molar-refractivity contribution in [1.29, 1.82) is 0 Å². The van der Waals surface area contributed by atoms with E-state index in [4.69, 9.17) is 0 Å². The zero-order valence-corrected chi connectivity index (χ0v) is 13.4. The van der Waals surface area contributed by atoms with Gasteiger partial charge in [-0.2, -0.15) is 0 Å². The highest BCUT2D eigenvalue weighted by Crippen LogP contribution is 2.37. The van der Waals surface area contributed by atoms with Gasteiger partial charge in [0.1, 0.15) is 6.04 Å². The molecule has 1 aromatic rings. The topological polar surface area (TPSA) is 52.7 Å². The van der Waals surface area contributed by atoms with E-state index >= 15 is 0 Å². The number of hydrogen-bond donors (Lipinski definition) is 1. The summed E-state index contributed by atoms with van der Waals surface area (Å²) in [5, 5.41) is 2.99. The number of rotatable bonds is 1. The van der Waals surface area contributed by atoms with Crippen molar-refractivity contribution in [2.24, 2.45) is 0 Å². The molecule has 0 spiro atoms. The molecule has 0 aliphatic carbocycles. The van der Waals surface area contributed by atoms with Crippen LogP contribution in [0.1, 0.15) is 48.9 Å². The zero-order valence-electron chi connectivity index (χ0n) is 13.4. The van der Waals surface area contributed by atoms with Gasteiger partial charge in [0, 0.05) is 25.2 Å². The number of benzene rings is 1. The minimum Gasteiger partial charge on any atom is -0.358 e. The van der Waals surface area contributed by atoms with E-state index in [2.05, 4.69) is 10.2 Å². The molecule has 0 bridgehead atoms. The zero-order chi connectivity index (χ0) is 15.8. The van der Waals surface area contributed by atoms with E-state index in [1.807, 2.05) is 23.1 Å². The largest absolute Gasteiger partial charge is 0.358 e. The molecule has 3 heterocycles. The van der Waals surface area contributed by atoms with Crippen molar-refractivity contribution in [3.05, 3.63) is 23.8 Å². The Morgan fingerprint density at radius 2 is 1.83 bits per heavy atom. The van der Waals surface area contributed by atoms with Gasteiger partial charge in [0.2, 0.25) is 5.91 Å². The second kappa shape index (κ2) is 5.87. The van der Waals surface area contributed by atoms with Crippen LogP contribution in [-0.4, -0.2) is 42.4 Å². The minimum atomic E-state index is -0.0327. The summed E-state index contributed by atoms with van der Waals surface area (Å²) in [5.74, 6) is 0.155. The van der Waals surface area contributed by atoms with Crippen molar-refractivity contribution in [2.45, 2.75) is 44.6 Å². The van der Waals surface area contributed by atoms with Crippen LogP contribution in [0.15, 0.2) is 18.2 Å². The van der Waals surface area contributed by atoms with E-state index < -0.39 is 0 Å². The highest BCUT2D eigenvalue weighted by Gasteiger charge is 2.36. The molecule has 0 aromatic heterocycles. The second-order valence-electron chi connectivity index (χ2n) is 6.78. The summed E-state index contributed by atoms with van der Waals surface area (Å²) >= 11 is 0. The number of carbonyl (C=O) groups excluding carboxylic acids is 2. The van der Waals surface area contributed by atoms with Crippen LogP contribution < -0.4 is 10.2 Å². The number of nitrogens with one attached hydrogen (secondary N) is 1. The van der Waals surface area contributed by atoms with Crippen LogP contribution in [0, 0.1) is 0 Å². The number of amides is 2. The third-order valence-corrected chi connectivity index (χ3v) is 5.26. The number of fused-ring (bicyclic) bond motifs is 3. The second-order valence-corrected chi connectivity index (χ2v) is 6.78. The summed E-state index contributed by atoms with van der Waals surface area (Å²) in [6, 6.07) is 5.74. The first-order valence-electron chi connectivity index (χ1n) is 8.75. The van der Waals surface area contributed by atoms with Gasteiger partial charge in [-0.3, -0.25) is 9.59 Å². The molecule has 3 aliphatic heterocycles. The van der Waals surface area contributed by atoms with Crippen molar-refractivity contribution >= 4 is 23.2 Å². The number of hydrogen-bond acceptors (Lipinski definition) is 3. The van der Waals surface area contributed by atoms with Gasteiger partial charge in [-0.25, -0.2) is 0 Å². The highest BCUT2D eigenvalue weighted by atomic mass is 16.2. The first-order chi connectivity index (χ1) is 11.2. The molecule has 3 aliphatic rings. The standard InChI is InChI=1S/C18H23N3O2/c22-17-16-6-5-11-21(16)15-8-7-13(12-14(15)19-17)18(23)20-9-3-1-2-4-10-20/h7-8,12,16H,1-6,9-11H2,(H,19,22)/t16-/m1/s1. The quantitative estimate of drug-likeness (QED) is 0.867. The summed E-state index contributed by atoms with van der Waals surface area (Å²) in [6.07, 6.45) is 6.55. The fourth-order valence-corrected chi connectivity index (χ4v) is 4.02.